The van der Waals surface area contributed by atoms with Crippen LogP contribution in [0.2, 0.25) is 0 Å². The van der Waals surface area contributed by atoms with Crippen LogP contribution in [0.1, 0.15) is 29.9 Å². The number of aromatic nitrogens is 1. The van der Waals surface area contributed by atoms with Gasteiger partial charge in [0.2, 0.25) is 0 Å². The Morgan fingerprint density at radius 3 is 2.79 bits per heavy atom. The molecule has 0 aliphatic rings. The second-order valence-corrected chi connectivity index (χ2v) is 5.14. The van der Waals surface area contributed by atoms with Crippen molar-refractivity contribution in [2.24, 2.45) is 5.92 Å². The number of hydrogen-bond acceptors (Lipinski definition) is 2. The lowest BCUT2D eigenvalue weighted by Gasteiger charge is -2.06. The number of fused-ring (bicyclic) bond motifs is 1. The van der Waals surface area contributed by atoms with Gasteiger partial charge in [0, 0.05) is 23.5 Å². The molecule has 1 aromatic heterocycles. The molecule has 0 spiro atoms. The van der Waals surface area contributed by atoms with E-state index in [0.717, 1.165) is 22.2 Å². The maximum atomic E-state index is 12.1. The van der Waals surface area contributed by atoms with Crippen LogP contribution >= 0.6 is 0 Å². The highest BCUT2D eigenvalue weighted by atomic mass is 16.5. The van der Waals surface area contributed by atoms with Crippen LogP contribution in [0.25, 0.3) is 10.9 Å². The molecule has 102 valence electrons. The molecule has 2 aromatic rings. The number of rotatable bonds is 4. The Hall–Kier alpha value is -1.97. The van der Waals surface area contributed by atoms with Crippen molar-refractivity contribution in [2.75, 3.05) is 13.7 Å². The molecule has 0 aliphatic heterocycles. The fraction of sp³-hybridized carbons (Fsp3) is 0.400. The third-order valence-corrected chi connectivity index (χ3v) is 3.16. The van der Waals surface area contributed by atoms with Crippen LogP contribution in [0.3, 0.4) is 0 Å². The van der Waals surface area contributed by atoms with Crippen molar-refractivity contribution in [2.45, 2.75) is 20.8 Å². The molecule has 0 saturated heterocycles. The lowest BCUT2D eigenvalue weighted by Crippen LogP contribution is -2.28. The highest BCUT2D eigenvalue weighted by Crippen LogP contribution is 2.25. The van der Waals surface area contributed by atoms with E-state index >= 15 is 0 Å². The van der Waals surface area contributed by atoms with Crippen molar-refractivity contribution in [1.82, 2.24) is 10.3 Å². The number of carbonyl (C=O) groups is 1. The van der Waals surface area contributed by atoms with E-state index in [1.54, 1.807) is 7.11 Å². The summed E-state index contributed by atoms with van der Waals surface area (Å²) < 4.78 is 5.19. The zero-order chi connectivity index (χ0) is 14.0. The number of aromatic amines is 1. The number of benzene rings is 1. The largest absolute Gasteiger partial charge is 0.497 e. The van der Waals surface area contributed by atoms with E-state index in [2.05, 4.69) is 24.1 Å². The van der Waals surface area contributed by atoms with Gasteiger partial charge < -0.3 is 15.0 Å². The summed E-state index contributed by atoms with van der Waals surface area (Å²) >= 11 is 0. The third-order valence-electron chi connectivity index (χ3n) is 3.16. The van der Waals surface area contributed by atoms with Crippen LogP contribution in [0, 0.1) is 12.8 Å². The van der Waals surface area contributed by atoms with E-state index in [1.165, 1.54) is 0 Å². The van der Waals surface area contributed by atoms with Crippen molar-refractivity contribution in [3.63, 3.8) is 0 Å². The second-order valence-electron chi connectivity index (χ2n) is 5.14. The zero-order valence-electron chi connectivity index (χ0n) is 11.8. The first kappa shape index (κ1) is 13.5. The first-order valence-electron chi connectivity index (χ1n) is 6.47. The predicted octanol–water partition coefficient (Wildman–Crippen LogP) is 2.87. The van der Waals surface area contributed by atoms with Gasteiger partial charge in [0.15, 0.2) is 0 Å². The van der Waals surface area contributed by atoms with Crippen LogP contribution in [0.5, 0.6) is 5.75 Å². The van der Waals surface area contributed by atoms with Crippen LogP contribution in [0.15, 0.2) is 18.2 Å². The van der Waals surface area contributed by atoms with Gasteiger partial charge in [-0.25, -0.2) is 0 Å². The number of hydrogen-bond donors (Lipinski definition) is 2. The molecule has 0 atom stereocenters. The summed E-state index contributed by atoms with van der Waals surface area (Å²) in [4.78, 5) is 15.3. The number of nitrogens with one attached hydrogen (secondary N) is 2. The summed E-state index contributed by atoms with van der Waals surface area (Å²) in [6.07, 6.45) is 0. The minimum Gasteiger partial charge on any atom is -0.497 e. The minimum atomic E-state index is -0.0543. The Morgan fingerprint density at radius 1 is 1.42 bits per heavy atom. The van der Waals surface area contributed by atoms with Crippen LogP contribution < -0.4 is 10.1 Å². The van der Waals surface area contributed by atoms with Gasteiger partial charge in [0.1, 0.15) is 11.4 Å². The summed E-state index contributed by atoms with van der Waals surface area (Å²) in [7, 11) is 1.63. The fourth-order valence-electron chi connectivity index (χ4n) is 2.06. The van der Waals surface area contributed by atoms with Crippen LogP contribution in [-0.4, -0.2) is 24.5 Å². The molecule has 4 heteroatoms. The average Bonchev–Trinajstić information content (AvgIpc) is 2.72. The first-order valence-corrected chi connectivity index (χ1v) is 6.47. The van der Waals surface area contributed by atoms with Gasteiger partial charge in [-0.05, 0) is 30.5 Å². The van der Waals surface area contributed by atoms with Crippen molar-refractivity contribution in [3.05, 3.63) is 29.5 Å². The van der Waals surface area contributed by atoms with Gasteiger partial charge in [-0.1, -0.05) is 13.8 Å². The monoisotopic (exact) mass is 260 g/mol. The maximum absolute atomic E-state index is 12.1. The standard InChI is InChI=1S/C15H20N2O2/c1-9(2)8-16-15(18)14-10(3)12-6-5-11(19-4)7-13(12)17-14/h5-7,9,17H,8H2,1-4H3,(H,16,18). The predicted molar refractivity (Wildman–Crippen MR) is 76.8 cm³/mol. The Balaban J connectivity index is 2.33. The van der Waals surface area contributed by atoms with Gasteiger partial charge in [0.25, 0.3) is 5.91 Å². The third kappa shape index (κ3) is 2.72. The van der Waals surface area contributed by atoms with E-state index in [1.807, 2.05) is 25.1 Å². The summed E-state index contributed by atoms with van der Waals surface area (Å²) in [5.41, 5.74) is 2.52. The number of ether oxygens (including phenoxy) is 1. The van der Waals surface area contributed by atoms with E-state index in [0.29, 0.717) is 18.2 Å². The fourth-order valence-corrected chi connectivity index (χ4v) is 2.06. The van der Waals surface area contributed by atoms with Crippen molar-refractivity contribution < 1.29 is 9.53 Å². The molecule has 0 aliphatic carbocycles. The number of H-pyrrole nitrogens is 1. The van der Waals surface area contributed by atoms with Gasteiger partial charge in [-0.2, -0.15) is 0 Å². The molecule has 2 rings (SSSR count). The highest BCUT2D eigenvalue weighted by molar-refractivity contribution is 6.01. The SMILES string of the molecule is COc1ccc2c(C)c(C(=O)NCC(C)C)[nH]c2c1. The summed E-state index contributed by atoms with van der Waals surface area (Å²) in [5, 5.41) is 3.98. The summed E-state index contributed by atoms with van der Waals surface area (Å²) in [6.45, 7) is 6.78. The van der Waals surface area contributed by atoms with E-state index in [-0.39, 0.29) is 5.91 Å². The molecule has 2 N–H and O–H groups in total. The lowest BCUT2D eigenvalue weighted by molar-refractivity contribution is 0.0944. The topological polar surface area (TPSA) is 54.1 Å². The van der Waals surface area contributed by atoms with Gasteiger partial charge in [-0.3, -0.25) is 4.79 Å². The Bertz CT molecular complexity index is 599. The molecule has 1 amide bonds. The van der Waals surface area contributed by atoms with E-state index in [4.69, 9.17) is 4.74 Å². The molecule has 0 unspecified atom stereocenters. The number of methoxy groups -OCH3 is 1. The van der Waals surface area contributed by atoms with Crippen molar-refractivity contribution in [3.8, 4) is 5.75 Å². The summed E-state index contributed by atoms with van der Waals surface area (Å²) in [6, 6.07) is 5.78. The number of aryl methyl sites for hydroxylation is 1. The van der Waals surface area contributed by atoms with E-state index in [9.17, 15) is 4.79 Å². The number of carbonyl (C=O) groups excluding carboxylic acids is 1. The molecule has 0 bridgehead atoms. The van der Waals surface area contributed by atoms with Crippen LogP contribution in [0.4, 0.5) is 0 Å². The Morgan fingerprint density at radius 2 is 2.16 bits per heavy atom. The first-order chi connectivity index (χ1) is 9.02. The van der Waals surface area contributed by atoms with Crippen molar-refractivity contribution in [1.29, 1.82) is 0 Å². The molecule has 1 heterocycles. The smallest absolute Gasteiger partial charge is 0.268 e. The molecule has 0 fully saturated rings. The Labute approximate surface area is 113 Å². The second kappa shape index (κ2) is 5.34. The summed E-state index contributed by atoms with van der Waals surface area (Å²) in [5.74, 6) is 1.16. The molecule has 0 radical (unpaired) electrons. The molecular weight excluding hydrogens is 240 g/mol. The zero-order valence-corrected chi connectivity index (χ0v) is 11.8. The maximum Gasteiger partial charge on any atom is 0.268 e. The molecule has 0 saturated carbocycles. The number of amides is 1. The Kier molecular flexibility index (Phi) is 3.79. The van der Waals surface area contributed by atoms with Gasteiger partial charge >= 0.3 is 0 Å². The van der Waals surface area contributed by atoms with Crippen LogP contribution in [-0.2, 0) is 0 Å². The van der Waals surface area contributed by atoms with Crippen molar-refractivity contribution >= 4 is 16.8 Å². The van der Waals surface area contributed by atoms with Gasteiger partial charge in [0.05, 0.1) is 7.11 Å². The molecule has 4 nitrogen and oxygen atoms in total. The highest BCUT2D eigenvalue weighted by Gasteiger charge is 2.15. The normalized spacial score (nSPS) is 11.0. The van der Waals surface area contributed by atoms with Gasteiger partial charge in [-0.15, -0.1) is 0 Å². The molecule has 19 heavy (non-hydrogen) atoms. The average molecular weight is 260 g/mol. The lowest BCUT2D eigenvalue weighted by atomic mass is 10.1. The minimum absolute atomic E-state index is 0.0543. The molecular formula is C15H20N2O2. The molecule has 1 aromatic carbocycles. The quantitative estimate of drug-likeness (QED) is 0.888. The van der Waals surface area contributed by atoms with E-state index < -0.39 is 0 Å².